The van der Waals surface area contributed by atoms with E-state index in [-0.39, 0.29) is 11.5 Å². The van der Waals surface area contributed by atoms with Gasteiger partial charge in [0.2, 0.25) is 5.16 Å². The Bertz CT molecular complexity index is 585. The molecule has 0 fully saturated rings. The fraction of sp³-hybridized carbons (Fsp3) is 0.143. The van der Waals surface area contributed by atoms with Crippen LogP contribution in [0.15, 0.2) is 22.3 Å². The number of tetrazole rings is 1. The molecular formula is C7H8N8O2S. The largest absolute Gasteiger partial charge is 0.308 e. The monoisotopic (exact) mass is 268 g/mol. The number of aryl methyl sites for hydroxylation is 1. The van der Waals surface area contributed by atoms with Crippen LogP contribution >= 0.6 is 11.8 Å². The van der Waals surface area contributed by atoms with Crippen LogP contribution in [-0.2, 0) is 7.05 Å². The molecule has 10 nitrogen and oxygen atoms in total. The van der Waals surface area contributed by atoms with Gasteiger partial charge in [-0.15, -0.1) is 5.10 Å². The van der Waals surface area contributed by atoms with Gasteiger partial charge in [0.15, 0.2) is 0 Å². The Balaban J connectivity index is 2.35. The maximum absolute atomic E-state index is 10.7. The Morgan fingerprint density at radius 1 is 1.56 bits per heavy atom. The van der Waals surface area contributed by atoms with E-state index in [9.17, 15) is 10.1 Å². The molecule has 0 amide bonds. The van der Waals surface area contributed by atoms with E-state index in [4.69, 9.17) is 5.84 Å². The third-order valence-corrected chi connectivity index (χ3v) is 2.87. The Morgan fingerprint density at radius 2 is 2.33 bits per heavy atom. The minimum atomic E-state index is -0.526. The highest BCUT2D eigenvalue weighted by Crippen LogP contribution is 2.28. The van der Waals surface area contributed by atoms with Gasteiger partial charge >= 0.3 is 0 Å². The van der Waals surface area contributed by atoms with Crippen molar-refractivity contribution < 1.29 is 4.92 Å². The van der Waals surface area contributed by atoms with Crippen molar-refractivity contribution in [3.05, 3.63) is 22.2 Å². The highest BCUT2D eigenvalue weighted by molar-refractivity contribution is 7.99. The van der Waals surface area contributed by atoms with Gasteiger partial charge < -0.3 is 5.43 Å². The molecule has 2 aromatic heterocycles. The van der Waals surface area contributed by atoms with E-state index in [0.717, 1.165) is 11.8 Å². The molecule has 0 aromatic carbocycles. The summed E-state index contributed by atoms with van der Waals surface area (Å²) in [5.41, 5.74) is 2.15. The molecule has 0 aliphatic heterocycles. The second-order valence-electron chi connectivity index (χ2n) is 3.14. The zero-order chi connectivity index (χ0) is 13.1. The minimum absolute atomic E-state index is 0.115. The zero-order valence-electron chi connectivity index (χ0n) is 9.14. The summed E-state index contributed by atoms with van der Waals surface area (Å²) in [7, 11) is 1.65. The highest BCUT2D eigenvalue weighted by Gasteiger charge is 2.13. The van der Waals surface area contributed by atoms with Crippen molar-refractivity contribution in [2.75, 3.05) is 5.43 Å². The Morgan fingerprint density at radius 3 is 2.89 bits per heavy atom. The van der Waals surface area contributed by atoms with Gasteiger partial charge in [0.1, 0.15) is 10.8 Å². The maximum Gasteiger partial charge on any atom is 0.275 e. The van der Waals surface area contributed by atoms with Crippen LogP contribution < -0.4 is 11.3 Å². The van der Waals surface area contributed by atoms with Gasteiger partial charge in [0.25, 0.3) is 5.69 Å². The molecule has 0 radical (unpaired) electrons. The second kappa shape index (κ2) is 4.93. The van der Waals surface area contributed by atoms with Crippen molar-refractivity contribution in [2.24, 2.45) is 12.9 Å². The summed E-state index contributed by atoms with van der Waals surface area (Å²) in [4.78, 5) is 14.3. The minimum Gasteiger partial charge on any atom is -0.308 e. The Labute approximate surface area is 105 Å². The average molecular weight is 268 g/mol. The molecule has 3 N–H and O–H groups in total. The van der Waals surface area contributed by atoms with Crippen molar-refractivity contribution in [2.45, 2.75) is 10.2 Å². The fourth-order valence-corrected chi connectivity index (χ4v) is 1.88. The summed E-state index contributed by atoms with van der Waals surface area (Å²) in [6.07, 6.45) is 0. The predicted octanol–water partition coefficient (Wildman–Crippen LogP) is -0.0499. The van der Waals surface area contributed by atoms with E-state index in [1.807, 2.05) is 0 Å². The summed E-state index contributed by atoms with van der Waals surface area (Å²) >= 11 is 1.10. The highest BCUT2D eigenvalue weighted by atomic mass is 32.2. The summed E-state index contributed by atoms with van der Waals surface area (Å²) < 4.78 is 1.43. The van der Waals surface area contributed by atoms with E-state index in [2.05, 4.69) is 25.9 Å². The van der Waals surface area contributed by atoms with Gasteiger partial charge in [-0.05, 0) is 22.2 Å². The van der Waals surface area contributed by atoms with E-state index >= 15 is 0 Å². The molecule has 0 atom stereocenters. The average Bonchev–Trinajstić information content (AvgIpc) is 2.74. The second-order valence-corrected chi connectivity index (χ2v) is 4.12. The van der Waals surface area contributed by atoms with Gasteiger partial charge in [-0.1, -0.05) is 0 Å². The van der Waals surface area contributed by atoms with Crippen LogP contribution in [-0.4, -0.2) is 30.1 Å². The molecule has 2 aromatic rings. The number of hydrogen-bond donors (Lipinski definition) is 2. The summed E-state index contributed by atoms with van der Waals surface area (Å²) in [6.45, 7) is 0. The molecule has 0 unspecified atom stereocenters. The van der Waals surface area contributed by atoms with Gasteiger partial charge in [-0.25, -0.2) is 15.5 Å². The first-order valence-electron chi connectivity index (χ1n) is 4.63. The quantitative estimate of drug-likeness (QED) is 0.444. The molecule has 0 spiro atoms. The predicted molar refractivity (Wildman–Crippen MR) is 61.6 cm³/mol. The molecule has 18 heavy (non-hydrogen) atoms. The number of hydrogen-bond acceptors (Lipinski definition) is 9. The van der Waals surface area contributed by atoms with Crippen LogP contribution in [0.1, 0.15) is 0 Å². The summed E-state index contributed by atoms with van der Waals surface area (Å²) in [5, 5.41) is 22.4. The first-order chi connectivity index (χ1) is 8.60. The number of hydrazine groups is 1. The first kappa shape index (κ1) is 12.2. The van der Waals surface area contributed by atoms with Crippen LogP contribution in [0.3, 0.4) is 0 Å². The van der Waals surface area contributed by atoms with E-state index < -0.39 is 4.92 Å². The summed E-state index contributed by atoms with van der Waals surface area (Å²) in [6, 6.07) is 2.55. The van der Waals surface area contributed by atoms with Gasteiger partial charge in [0, 0.05) is 13.1 Å². The van der Waals surface area contributed by atoms with Crippen molar-refractivity contribution in [3.8, 4) is 0 Å². The number of pyridine rings is 1. The SMILES string of the molecule is Cn1nnnc1Sc1cc([N+](=O)[O-])cc(NN)n1. The number of nitrogen functional groups attached to an aromatic ring is 1. The molecule has 11 heteroatoms. The lowest BCUT2D eigenvalue weighted by atomic mass is 10.4. The van der Waals surface area contributed by atoms with Crippen LogP contribution in [0, 0.1) is 10.1 Å². The van der Waals surface area contributed by atoms with Crippen LogP contribution in [0.25, 0.3) is 0 Å². The molecule has 0 saturated heterocycles. The lowest BCUT2D eigenvalue weighted by Gasteiger charge is -2.03. The third kappa shape index (κ3) is 2.52. The van der Waals surface area contributed by atoms with Gasteiger partial charge in [0.05, 0.1) is 11.0 Å². The van der Waals surface area contributed by atoms with Gasteiger partial charge in [-0.2, -0.15) is 0 Å². The fourth-order valence-electron chi connectivity index (χ4n) is 1.12. The maximum atomic E-state index is 10.7. The van der Waals surface area contributed by atoms with Gasteiger partial charge in [-0.3, -0.25) is 10.1 Å². The van der Waals surface area contributed by atoms with E-state index in [0.29, 0.717) is 10.2 Å². The molecule has 2 rings (SSSR count). The van der Waals surface area contributed by atoms with Crippen molar-refractivity contribution in [1.29, 1.82) is 0 Å². The van der Waals surface area contributed by atoms with Crippen LogP contribution in [0.2, 0.25) is 0 Å². The van der Waals surface area contributed by atoms with Crippen LogP contribution in [0.4, 0.5) is 11.5 Å². The number of rotatable bonds is 4. The Kier molecular flexibility index (Phi) is 3.34. The summed E-state index contributed by atoms with van der Waals surface area (Å²) in [5.74, 6) is 5.40. The number of nitro groups is 1. The van der Waals surface area contributed by atoms with Crippen molar-refractivity contribution in [3.63, 3.8) is 0 Å². The smallest absolute Gasteiger partial charge is 0.275 e. The normalized spacial score (nSPS) is 10.3. The van der Waals surface area contributed by atoms with Crippen molar-refractivity contribution >= 4 is 23.3 Å². The molecule has 0 saturated carbocycles. The van der Waals surface area contributed by atoms with E-state index in [1.54, 1.807) is 7.05 Å². The number of aromatic nitrogens is 5. The molecule has 94 valence electrons. The number of nitrogens with one attached hydrogen (secondary N) is 1. The zero-order valence-corrected chi connectivity index (χ0v) is 9.96. The third-order valence-electron chi connectivity index (χ3n) is 1.92. The van der Waals surface area contributed by atoms with E-state index in [1.165, 1.54) is 16.8 Å². The molecule has 0 aliphatic carbocycles. The van der Waals surface area contributed by atoms with Crippen LogP contribution in [0.5, 0.6) is 0 Å². The topological polar surface area (TPSA) is 138 Å². The van der Waals surface area contributed by atoms with Crippen molar-refractivity contribution in [1.82, 2.24) is 25.2 Å². The standard InChI is InChI=1S/C7H8N8O2S/c1-14-7(11-12-13-14)18-6-3-4(15(16)17)2-5(9-6)10-8/h2-3H,8H2,1H3,(H,9,10). The molecule has 0 aliphatic rings. The lowest BCUT2D eigenvalue weighted by Crippen LogP contribution is -2.09. The molecule has 0 bridgehead atoms. The first-order valence-corrected chi connectivity index (χ1v) is 5.45. The lowest BCUT2D eigenvalue weighted by molar-refractivity contribution is -0.385. The Hall–Kier alpha value is -2.27. The number of nitrogens with zero attached hydrogens (tertiary/aromatic N) is 6. The number of anilines is 1. The molecular weight excluding hydrogens is 260 g/mol. The number of nitrogens with two attached hydrogens (primary N) is 1. The molecule has 2 heterocycles.